The summed E-state index contributed by atoms with van der Waals surface area (Å²) in [5, 5.41) is 32.5. The molecule has 0 radical (unpaired) electrons. The van der Waals surface area contributed by atoms with Gasteiger partial charge in [-0.15, -0.1) is 10.2 Å². The lowest BCUT2D eigenvalue weighted by atomic mass is 10.2. The van der Waals surface area contributed by atoms with E-state index in [0.717, 1.165) is 11.3 Å². The number of hydrogen-bond acceptors (Lipinski definition) is 7. The van der Waals surface area contributed by atoms with Crippen molar-refractivity contribution >= 4 is 35.5 Å². The topological polar surface area (TPSA) is 113 Å². The van der Waals surface area contributed by atoms with Gasteiger partial charge < -0.3 is 10.2 Å². The summed E-state index contributed by atoms with van der Waals surface area (Å²) >= 11 is 7.26. The first-order valence-corrected chi connectivity index (χ1v) is 11.1. The van der Waals surface area contributed by atoms with Crippen LogP contribution in [-0.2, 0) is 4.79 Å². The van der Waals surface area contributed by atoms with Gasteiger partial charge in [0.1, 0.15) is 0 Å². The van der Waals surface area contributed by atoms with E-state index in [9.17, 15) is 15.0 Å². The molecule has 4 rings (SSSR count). The zero-order valence-electron chi connectivity index (χ0n) is 17.1. The van der Waals surface area contributed by atoms with Gasteiger partial charge in [-0.25, -0.2) is 5.43 Å². The molecule has 10 heteroatoms. The number of halogens is 1. The summed E-state index contributed by atoms with van der Waals surface area (Å²) in [6.45, 7) is 0. The zero-order valence-corrected chi connectivity index (χ0v) is 18.7. The minimum absolute atomic E-state index is 0.0542. The summed E-state index contributed by atoms with van der Waals surface area (Å²) < 4.78 is 1.87. The average molecular weight is 480 g/mol. The number of phenols is 2. The van der Waals surface area contributed by atoms with Gasteiger partial charge in [0.25, 0.3) is 5.91 Å². The number of benzene rings is 3. The molecule has 0 atom stereocenters. The van der Waals surface area contributed by atoms with Crippen LogP contribution >= 0.6 is 23.4 Å². The number of carbonyl (C=O) groups excluding carboxylic acids is 1. The average Bonchev–Trinajstić information content (AvgIpc) is 3.25. The maximum atomic E-state index is 12.3. The third kappa shape index (κ3) is 5.51. The van der Waals surface area contributed by atoms with Crippen LogP contribution in [-0.4, -0.2) is 42.9 Å². The van der Waals surface area contributed by atoms with Crippen LogP contribution < -0.4 is 5.43 Å². The molecule has 1 aromatic heterocycles. The van der Waals surface area contributed by atoms with Crippen molar-refractivity contribution in [2.75, 3.05) is 5.75 Å². The number of hydrazone groups is 1. The van der Waals surface area contributed by atoms with E-state index in [1.807, 2.05) is 47.0 Å². The first-order chi connectivity index (χ1) is 16.0. The summed E-state index contributed by atoms with van der Waals surface area (Å²) in [5.41, 5.74) is 4.66. The molecule has 0 saturated heterocycles. The molecule has 0 spiro atoms. The highest BCUT2D eigenvalue weighted by atomic mass is 35.5. The molecule has 8 nitrogen and oxygen atoms in total. The number of nitrogens with zero attached hydrogens (tertiary/aromatic N) is 4. The van der Waals surface area contributed by atoms with Crippen molar-refractivity contribution in [2.24, 2.45) is 5.10 Å². The monoisotopic (exact) mass is 479 g/mol. The van der Waals surface area contributed by atoms with Gasteiger partial charge >= 0.3 is 0 Å². The number of rotatable bonds is 7. The van der Waals surface area contributed by atoms with Crippen LogP contribution in [0, 0.1) is 0 Å². The number of aromatic nitrogens is 3. The lowest BCUT2D eigenvalue weighted by molar-refractivity contribution is -0.118. The first-order valence-electron chi connectivity index (χ1n) is 9.75. The van der Waals surface area contributed by atoms with Gasteiger partial charge in [-0.05, 0) is 48.0 Å². The number of thioether (sulfide) groups is 1. The number of hydrogen-bond donors (Lipinski definition) is 3. The van der Waals surface area contributed by atoms with Crippen molar-refractivity contribution in [3.63, 3.8) is 0 Å². The van der Waals surface area contributed by atoms with E-state index in [4.69, 9.17) is 11.6 Å². The molecule has 33 heavy (non-hydrogen) atoms. The molecule has 0 saturated carbocycles. The summed E-state index contributed by atoms with van der Waals surface area (Å²) in [7, 11) is 0. The van der Waals surface area contributed by atoms with E-state index in [2.05, 4.69) is 20.7 Å². The van der Waals surface area contributed by atoms with E-state index in [1.165, 1.54) is 30.1 Å². The highest BCUT2D eigenvalue weighted by Gasteiger charge is 2.17. The second kappa shape index (κ2) is 10.2. The Morgan fingerprint density at radius 3 is 2.52 bits per heavy atom. The fourth-order valence-corrected chi connectivity index (χ4v) is 3.79. The predicted octanol–water partition coefficient (Wildman–Crippen LogP) is 4.24. The zero-order chi connectivity index (χ0) is 23.2. The normalized spacial score (nSPS) is 11.1. The molecule has 3 N–H and O–H groups in total. The predicted molar refractivity (Wildman–Crippen MR) is 128 cm³/mol. The molecule has 166 valence electrons. The van der Waals surface area contributed by atoms with Gasteiger partial charge in [-0.2, -0.15) is 5.10 Å². The molecule has 0 aliphatic carbocycles. The van der Waals surface area contributed by atoms with Gasteiger partial charge in [0, 0.05) is 16.3 Å². The van der Waals surface area contributed by atoms with E-state index in [-0.39, 0.29) is 23.2 Å². The second-order valence-electron chi connectivity index (χ2n) is 6.81. The molecule has 0 aliphatic heterocycles. The second-order valence-corrected chi connectivity index (χ2v) is 8.19. The van der Waals surface area contributed by atoms with Crippen molar-refractivity contribution in [3.8, 4) is 28.6 Å². The minimum Gasteiger partial charge on any atom is -0.504 e. The number of carbonyl (C=O) groups is 1. The summed E-state index contributed by atoms with van der Waals surface area (Å²) in [6.07, 6.45) is 1.37. The minimum atomic E-state index is -0.342. The van der Waals surface area contributed by atoms with Gasteiger partial charge in [0.05, 0.1) is 12.0 Å². The van der Waals surface area contributed by atoms with Gasteiger partial charge in [-0.1, -0.05) is 53.7 Å². The molecule has 0 bridgehead atoms. The number of phenolic OH excluding ortho intramolecular Hbond substituents is 2. The molecular formula is C23H18ClN5O3S. The Balaban J connectivity index is 1.49. The third-order valence-corrected chi connectivity index (χ3v) is 5.67. The summed E-state index contributed by atoms with van der Waals surface area (Å²) in [4.78, 5) is 12.3. The highest BCUT2D eigenvalue weighted by molar-refractivity contribution is 7.99. The Labute approximate surface area is 198 Å². The Kier molecular flexibility index (Phi) is 6.92. The highest BCUT2D eigenvalue weighted by Crippen LogP contribution is 2.28. The first kappa shape index (κ1) is 22.4. The number of aromatic hydroxyl groups is 2. The number of amides is 1. The maximum Gasteiger partial charge on any atom is 0.250 e. The lowest BCUT2D eigenvalue weighted by Crippen LogP contribution is -2.20. The molecule has 1 amide bonds. The van der Waals surface area contributed by atoms with Crippen LogP contribution in [0.15, 0.2) is 83.1 Å². The van der Waals surface area contributed by atoms with Crippen LogP contribution in [0.1, 0.15) is 5.56 Å². The molecule has 3 aromatic carbocycles. The molecular weight excluding hydrogens is 462 g/mol. The summed E-state index contributed by atoms with van der Waals surface area (Å²) in [5.74, 6) is -0.139. The van der Waals surface area contributed by atoms with Crippen LogP contribution in [0.2, 0.25) is 5.02 Å². The standard InChI is InChI=1S/C23H18ClN5O3S/c24-17-7-9-18(10-8-17)29-22(16-4-2-1-3-5-16)27-28-23(29)33-14-21(32)26-25-13-15-6-11-19(30)20(31)12-15/h1-13,30-31H,14H2,(H,26,32). The van der Waals surface area contributed by atoms with Gasteiger partial charge in [0.15, 0.2) is 22.5 Å². The van der Waals surface area contributed by atoms with Crippen molar-refractivity contribution < 1.29 is 15.0 Å². The Hall–Kier alpha value is -3.82. The Bertz CT molecular complexity index is 1290. The van der Waals surface area contributed by atoms with Gasteiger partial charge in [0.2, 0.25) is 0 Å². The van der Waals surface area contributed by atoms with Crippen molar-refractivity contribution in [3.05, 3.63) is 83.4 Å². The fraction of sp³-hybridized carbons (Fsp3) is 0.0435. The quantitative estimate of drug-likeness (QED) is 0.158. The maximum absolute atomic E-state index is 12.3. The summed E-state index contributed by atoms with van der Waals surface area (Å²) in [6, 6.07) is 21.1. The van der Waals surface area contributed by atoms with E-state index in [1.54, 1.807) is 18.2 Å². The van der Waals surface area contributed by atoms with Crippen LogP contribution in [0.25, 0.3) is 17.1 Å². The molecule has 1 heterocycles. The smallest absolute Gasteiger partial charge is 0.250 e. The van der Waals surface area contributed by atoms with Crippen LogP contribution in [0.4, 0.5) is 0 Å². The molecule has 0 aliphatic rings. The van der Waals surface area contributed by atoms with Crippen molar-refractivity contribution in [1.29, 1.82) is 0 Å². The Morgan fingerprint density at radius 2 is 1.79 bits per heavy atom. The van der Waals surface area contributed by atoms with E-state index >= 15 is 0 Å². The van der Waals surface area contributed by atoms with Crippen LogP contribution in [0.3, 0.4) is 0 Å². The SMILES string of the molecule is O=C(CSc1nnc(-c2ccccc2)n1-c1ccc(Cl)cc1)NN=Cc1ccc(O)c(O)c1. The Morgan fingerprint density at radius 1 is 1.03 bits per heavy atom. The molecule has 0 unspecified atom stereocenters. The van der Waals surface area contributed by atoms with E-state index < -0.39 is 0 Å². The third-order valence-electron chi connectivity index (χ3n) is 4.48. The van der Waals surface area contributed by atoms with Crippen LogP contribution in [0.5, 0.6) is 11.5 Å². The van der Waals surface area contributed by atoms with Gasteiger partial charge in [-0.3, -0.25) is 9.36 Å². The van der Waals surface area contributed by atoms with Crippen molar-refractivity contribution in [1.82, 2.24) is 20.2 Å². The number of nitrogens with one attached hydrogen (secondary N) is 1. The lowest BCUT2D eigenvalue weighted by Gasteiger charge is -2.10. The molecule has 4 aromatic rings. The molecule has 0 fully saturated rings. The van der Waals surface area contributed by atoms with Crippen molar-refractivity contribution in [2.45, 2.75) is 5.16 Å². The largest absolute Gasteiger partial charge is 0.504 e. The fourth-order valence-electron chi connectivity index (χ4n) is 2.92. The van der Waals surface area contributed by atoms with E-state index in [0.29, 0.717) is 21.6 Å².